The third kappa shape index (κ3) is 4.75. The van der Waals surface area contributed by atoms with Crippen molar-refractivity contribution in [3.05, 3.63) is 34.9 Å². The van der Waals surface area contributed by atoms with E-state index in [0.717, 1.165) is 16.7 Å². The van der Waals surface area contributed by atoms with Gasteiger partial charge in [-0.05, 0) is 38.8 Å². The quantitative estimate of drug-likeness (QED) is 0.871. The Kier molecular flexibility index (Phi) is 5.66. The maximum Gasteiger partial charge on any atom is 0.251 e. The van der Waals surface area contributed by atoms with Gasteiger partial charge in [0.05, 0.1) is 0 Å². The van der Waals surface area contributed by atoms with Crippen LogP contribution in [0.3, 0.4) is 0 Å². The van der Waals surface area contributed by atoms with Crippen LogP contribution in [-0.4, -0.2) is 18.0 Å². The number of nitrogens with two attached hydrogens (primary N) is 1. The fourth-order valence-corrected chi connectivity index (χ4v) is 1.57. The maximum atomic E-state index is 12.0. The van der Waals surface area contributed by atoms with Crippen LogP contribution in [0.15, 0.2) is 18.2 Å². The van der Waals surface area contributed by atoms with Crippen LogP contribution in [0.25, 0.3) is 0 Å². The lowest BCUT2D eigenvalue weighted by Crippen LogP contribution is -2.45. The maximum absolute atomic E-state index is 12.0. The van der Waals surface area contributed by atoms with Gasteiger partial charge in [-0.25, -0.2) is 0 Å². The van der Waals surface area contributed by atoms with Crippen molar-refractivity contribution in [1.29, 1.82) is 0 Å². The fourth-order valence-electron chi connectivity index (χ4n) is 1.57. The molecule has 1 aromatic rings. The summed E-state index contributed by atoms with van der Waals surface area (Å²) >= 11 is 0. The third-order valence-electron chi connectivity index (χ3n) is 2.41. The molecular weight excluding hydrogens is 236 g/mol. The first-order valence-corrected chi connectivity index (χ1v) is 5.44. The molecular formula is C13H21ClN2O. The lowest BCUT2D eigenvalue weighted by atomic mass is 10.0. The van der Waals surface area contributed by atoms with Crippen molar-refractivity contribution in [2.75, 3.05) is 6.54 Å². The number of carbonyl (C=O) groups excluding carboxylic acids is 1. The number of amides is 1. The summed E-state index contributed by atoms with van der Waals surface area (Å²) in [4.78, 5) is 12.0. The summed E-state index contributed by atoms with van der Waals surface area (Å²) in [7, 11) is 0. The van der Waals surface area contributed by atoms with Gasteiger partial charge in [0.2, 0.25) is 0 Å². The highest BCUT2D eigenvalue weighted by Crippen LogP contribution is 2.13. The molecule has 0 saturated heterocycles. The lowest BCUT2D eigenvalue weighted by Gasteiger charge is -2.19. The number of benzene rings is 1. The highest BCUT2D eigenvalue weighted by Gasteiger charge is 2.15. The molecule has 1 rings (SSSR count). The lowest BCUT2D eigenvalue weighted by molar-refractivity contribution is 0.0945. The first-order chi connectivity index (χ1) is 7.31. The second-order valence-electron chi connectivity index (χ2n) is 4.94. The third-order valence-corrected chi connectivity index (χ3v) is 2.41. The molecule has 1 amide bonds. The van der Waals surface area contributed by atoms with E-state index in [0.29, 0.717) is 6.54 Å². The van der Waals surface area contributed by atoms with Gasteiger partial charge in [-0.15, -0.1) is 12.4 Å². The predicted molar refractivity (Wildman–Crippen MR) is 73.8 cm³/mol. The molecule has 0 radical (unpaired) electrons. The topological polar surface area (TPSA) is 55.1 Å². The van der Waals surface area contributed by atoms with Crippen LogP contribution in [0.2, 0.25) is 0 Å². The molecule has 96 valence electrons. The van der Waals surface area contributed by atoms with E-state index in [1.807, 2.05) is 45.9 Å². The molecule has 0 atom stereocenters. The van der Waals surface area contributed by atoms with Crippen molar-refractivity contribution < 1.29 is 4.79 Å². The monoisotopic (exact) mass is 256 g/mol. The highest BCUT2D eigenvalue weighted by molar-refractivity contribution is 5.97. The first kappa shape index (κ1) is 15.9. The Hall–Kier alpha value is -1.06. The Morgan fingerprint density at radius 2 is 1.76 bits per heavy atom. The molecule has 4 heteroatoms. The minimum absolute atomic E-state index is 0. The van der Waals surface area contributed by atoms with Crippen molar-refractivity contribution in [2.45, 2.75) is 33.2 Å². The summed E-state index contributed by atoms with van der Waals surface area (Å²) < 4.78 is 0. The molecule has 0 saturated carbocycles. The largest absolute Gasteiger partial charge is 0.350 e. The van der Waals surface area contributed by atoms with Gasteiger partial charge in [0, 0.05) is 17.6 Å². The van der Waals surface area contributed by atoms with E-state index in [-0.39, 0.29) is 23.9 Å². The van der Waals surface area contributed by atoms with Crippen molar-refractivity contribution in [1.82, 2.24) is 5.32 Å². The zero-order valence-electron chi connectivity index (χ0n) is 10.8. The molecule has 0 aliphatic carbocycles. The Morgan fingerprint density at radius 3 is 2.18 bits per heavy atom. The summed E-state index contributed by atoms with van der Waals surface area (Å²) in [5.41, 5.74) is 8.18. The zero-order chi connectivity index (χ0) is 12.3. The van der Waals surface area contributed by atoms with E-state index in [4.69, 9.17) is 5.73 Å². The smallest absolute Gasteiger partial charge is 0.251 e. The summed E-state index contributed by atoms with van der Waals surface area (Å²) in [5.74, 6) is -0.0471. The van der Waals surface area contributed by atoms with E-state index < -0.39 is 0 Å². The Balaban J connectivity index is 0.00000256. The van der Waals surface area contributed by atoms with Crippen LogP contribution >= 0.6 is 12.4 Å². The summed E-state index contributed by atoms with van der Waals surface area (Å²) in [5, 5.41) is 2.86. The summed E-state index contributed by atoms with van der Waals surface area (Å²) in [6.45, 7) is 8.13. The number of nitrogens with one attached hydrogen (secondary N) is 1. The number of rotatable bonds is 3. The molecule has 0 aromatic heterocycles. The van der Waals surface area contributed by atoms with E-state index >= 15 is 0 Å². The average Bonchev–Trinajstić information content (AvgIpc) is 2.13. The fraction of sp³-hybridized carbons (Fsp3) is 0.462. The first-order valence-electron chi connectivity index (χ1n) is 5.44. The summed E-state index contributed by atoms with van der Waals surface area (Å²) in [6, 6.07) is 5.83. The normalized spacial score (nSPS) is 10.6. The van der Waals surface area contributed by atoms with Crippen LogP contribution in [0.5, 0.6) is 0 Å². The van der Waals surface area contributed by atoms with E-state index in [2.05, 4.69) is 5.32 Å². The number of carbonyl (C=O) groups is 1. The highest BCUT2D eigenvalue weighted by atomic mass is 35.5. The second-order valence-corrected chi connectivity index (χ2v) is 4.94. The van der Waals surface area contributed by atoms with Crippen molar-refractivity contribution in [2.24, 2.45) is 5.73 Å². The standard InChI is InChI=1S/C13H20N2O.ClH/c1-9-6-5-7-10(2)11(9)12(16)15-8-13(3,4)14;/h5-7H,8,14H2,1-4H3,(H,15,16);1H. The Bertz CT molecular complexity index is 377. The second kappa shape index (κ2) is 6.03. The molecule has 0 heterocycles. The van der Waals surface area contributed by atoms with Gasteiger partial charge in [0.15, 0.2) is 0 Å². The van der Waals surface area contributed by atoms with Crippen LogP contribution in [0.4, 0.5) is 0 Å². The van der Waals surface area contributed by atoms with Gasteiger partial charge in [-0.2, -0.15) is 0 Å². The number of hydrogen-bond acceptors (Lipinski definition) is 2. The van der Waals surface area contributed by atoms with Crippen molar-refractivity contribution in [3.63, 3.8) is 0 Å². The number of hydrogen-bond donors (Lipinski definition) is 2. The average molecular weight is 257 g/mol. The van der Waals surface area contributed by atoms with Gasteiger partial charge in [0.1, 0.15) is 0 Å². The van der Waals surface area contributed by atoms with Gasteiger partial charge in [0.25, 0.3) is 5.91 Å². The Morgan fingerprint density at radius 1 is 1.29 bits per heavy atom. The minimum atomic E-state index is -0.383. The van der Waals surface area contributed by atoms with Crippen LogP contribution in [0.1, 0.15) is 35.3 Å². The molecule has 0 fully saturated rings. The molecule has 3 nitrogen and oxygen atoms in total. The van der Waals surface area contributed by atoms with Crippen molar-refractivity contribution in [3.8, 4) is 0 Å². The van der Waals surface area contributed by atoms with Crippen LogP contribution in [-0.2, 0) is 0 Å². The molecule has 0 aliphatic rings. The Labute approximate surface area is 109 Å². The molecule has 0 bridgehead atoms. The number of aryl methyl sites for hydroxylation is 2. The van der Waals surface area contributed by atoms with Gasteiger partial charge in [-0.1, -0.05) is 18.2 Å². The van der Waals surface area contributed by atoms with Gasteiger partial charge >= 0.3 is 0 Å². The SMILES string of the molecule is Cc1cccc(C)c1C(=O)NCC(C)(C)N.Cl. The zero-order valence-corrected chi connectivity index (χ0v) is 11.6. The van der Waals surface area contributed by atoms with E-state index in [1.54, 1.807) is 0 Å². The molecule has 3 N–H and O–H groups in total. The van der Waals surface area contributed by atoms with Crippen LogP contribution < -0.4 is 11.1 Å². The van der Waals surface area contributed by atoms with Gasteiger partial charge in [-0.3, -0.25) is 4.79 Å². The predicted octanol–water partition coefficient (Wildman–Crippen LogP) is 2.19. The molecule has 0 aliphatic heterocycles. The van der Waals surface area contributed by atoms with E-state index in [9.17, 15) is 4.79 Å². The van der Waals surface area contributed by atoms with Gasteiger partial charge < -0.3 is 11.1 Å². The molecule has 1 aromatic carbocycles. The minimum Gasteiger partial charge on any atom is -0.350 e. The van der Waals surface area contributed by atoms with E-state index in [1.165, 1.54) is 0 Å². The molecule has 17 heavy (non-hydrogen) atoms. The van der Waals surface area contributed by atoms with Crippen LogP contribution in [0, 0.1) is 13.8 Å². The molecule has 0 unspecified atom stereocenters. The summed E-state index contributed by atoms with van der Waals surface area (Å²) in [6.07, 6.45) is 0. The number of halogens is 1. The van der Waals surface area contributed by atoms with Crippen molar-refractivity contribution >= 4 is 18.3 Å². The molecule has 0 spiro atoms.